The average Bonchev–Trinajstić information content (AvgIpc) is 2.72. The number of benzene rings is 3. The molecule has 0 spiro atoms. The first-order valence-electron chi connectivity index (χ1n) is 10.3. The van der Waals surface area contributed by atoms with Gasteiger partial charge < -0.3 is 10.1 Å². The summed E-state index contributed by atoms with van der Waals surface area (Å²) in [4.78, 5) is 0. The van der Waals surface area contributed by atoms with Crippen molar-refractivity contribution < 1.29 is 4.74 Å². The normalized spacial score (nSPS) is 13.3. The predicted molar refractivity (Wildman–Crippen MR) is 123 cm³/mol. The van der Waals surface area contributed by atoms with E-state index in [2.05, 4.69) is 79.0 Å². The highest BCUT2D eigenvalue weighted by atomic mass is 35.5. The molecule has 0 bridgehead atoms. The zero-order chi connectivity index (χ0) is 20.6. The van der Waals surface area contributed by atoms with Gasteiger partial charge in [0.15, 0.2) is 0 Å². The molecule has 0 saturated carbocycles. The van der Waals surface area contributed by atoms with E-state index in [4.69, 9.17) is 16.3 Å². The summed E-state index contributed by atoms with van der Waals surface area (Å²) in [6.45, 7) is 7.22. The van der Waals surface area contributed by atoms with E-state index in [0.717, 1.165) is 23.7 Å². The molecule has 152 valence electrons. The highest BCUT2D eigenvalue weighted by Crippen LogP contribution is 2.29. The van der Waals surface area contributed by atoms with E-state index in [1.54, 1.807) is 0 Å². The van der Waals surface area contributed by atoms with Crippen molar-refractivity contribution in [1.82, 2.24) is 5.32 Å². The minimum absolute atomic E-state index is 0.185. The summed E-state index contributed by atoms with van der Waals surface area (Å²) in [6, 6.07) is 27.6. The lowest BCUT2D eigenvalue weighted by molar-refractivity contribution is 0.242. The molecule has 0 radical (unpaired) electrons. The number of rotatable bonds is 9. The van der Waals surface area contributed by atoms with Crippen molar-refractivity contribution in [2.75, 3.05) is 6.54 Å². The van der Waals surface area contributed by atoms with E-state index in [0.29, 0.717) is 5.92 Å². The van der Waals surface area contributed by atoms with Crippen molar-refractivity contribution in [1.29, 1.82) is 0 Å². The minimum atomic E-state index is 0.185. The van der Waals surface area contributed by atoms with Gasteiger partial charge in [-0.1, -0.05) is 66.2 Å². The zero-order valence-electron chi connectivity index (χ0n) is 17.4. The second-order valence-electron chi connectivity index (χ2n) is 7.71. The van der Waals surface area contributed by atoms with Crippen LogP contribution >= 0.6 is 11.6 Å². The Morgan fingerprint density at radius 3 is 1.97 bits per heavy atom. The van der Waals surface area contributed by atoms with Crippen molar-refractivity contribution in [3.8, 4) is 5.75 Å². The third kappa shape index (κ3) is 6.35. The van der Waals surface area contributed by atoms with E-state index in [1.165, 1.54) is 16.7 Å². The summed E-state index contributed by atoms with van der Waals surface area (Å²) >= 11 is 6.01. The minimum Gasteiger partial charge on any atom is -0.491 e. The number of nitrogens with one attached hydrogen (secondary N) is 1. The Balaban J connectivity index is 1.68. The van der Waals surface area contributed by atoms with Crippen LogP contribution in [-0.4, -0.2) is 12.6 Å². The van der Waals surface area contributed by atoms with Gasteiger partial charge in [-0.3, -0.25) is 0 Å². The van der Waals surface area contributed by atoms with E-state index >= 15 is 0 Å². The van der Waals surface area contributed by atoms with Gasteiger partial charge in [0.2, 0.25) is 0 Å². The largest absolute Gasteiger partial charge is 0.491 e. The molecule has 1 N–H and O–H groups in total. The molecule has 0 unspecified atom stereocenters. The van der Waals surface area contributed by atoms with Crippen LogP contribution in [0.25, 0.3) is 0 Å². The number of hydrogen-bond acceptors (Lipinski definition) is 2. The van der Waals surface area contributed by atoms with Gasteiger partial charge in [-0.15, -0.1) is 0 Å². The van der Waals surface area contributed by atoms with Crippen LogP contribution in [0.2, 0.25) is 5.02 Å². The van der Waals surface area contributed by atoms with Crippen LogP contribution in [0.15, 0.2) is 78.9 Å². The summed E-state index contributed by atoms with van der Waals surface area (Å²) in [6.07, 6.45) is 1.20. The number of hydrogen-bond donors (Lipinski definition) is 1. The lowest BCUT2D eigenvalue weighted by Gasteiger charge is -2.21. The van der Waals surface area contributed by atoms with Gasteiger partial charge >= 0.3 is 0 Å². The molecule has 3 aromatic carbocycles. The Morgan fingerprint density at radius 2 is 1.34 bits per heavy atom. The maximum Gasteiger partial charge on any atom is 0.119 e. The molecule has 2 atom stereocenters. The highest BCUT2D eigenvalue weighted by molar-refractivity contribution is 6.30. The van der Waals surface area contributed by atoms with Crippen molar-refractivity contribution in [3.63, 3.8) is 0 Å². The monoisotopic (exact) mass is 407 g/mol. The van der Waals surface area contributed by atoms with Gasteiger partial charge in [0.05, 0.1) is 6.10 Å². The van der Waals surface area contributed by atoms with E-state index in [1.807, 2.05) is 26.0 Å². The summed E-state index contributed by atoms with van der Waals surface area (Å²) in [7, 11) is 0. The molecule has 29 heavy (non-hydrogen) atoms. The Bertz CT molecular complexity index is 859. The molecule has 0 aliphatic carbocycles. The quantitative estimate of drug-likeness (QED) is 0.412. The third-order valence-electron chi connectivity index (χ3n) is 5.11. The molecule has 0 amide bonds. The van der Waals surface area contributed by atoms with Crippen LogP contribution in [0.3, 0.4) is 0 Å². The van der Waals surface area contributed by atoms with Gasteiger partial charge in [0, 0.05) is 17.0 Å². The van der Waals surface area contributed by atoms with E-state index < -0.39 is 0 Å². The lowest BCUT2D eigenvalue weighted by atomic mass is 9.88. The zero-order valence-corrected chi connectivity index (χ0v) is 18.2. The van der Waals surface area contributed by atoms with Crippen LogP contribution < -0.4 is 10.1 Å². The summed E-state index contributed by atoms with van der Waals surface area (Å²) < 4.78 is 5.80. The van der Waals surface area contributed by atoms with E-state index in [9.17, 15) is 0 Å². The SMILES string of the molecule is CC(C)Oc1ccc([C@H](CCN[C@@H](C)c2ccc(Cl)cc2)c2ccccc2)cc1. The molecule has 0 aliphatic heterocycles. The highest BCUT2D eigenvalue weighted by Gasteiger charge is 2.15. The Labute approximate surface area is 179 Å². The molecule has 3 rings (SSSR count). The first kappa shape index (κ1) is 21.4. The topological polar surface area (TPSA) is 21.3 Å². The summed E-state index contributed by atoms with van der Waals surface area (Å²) in [5.74, 6) is 1.26. The predicted octanol–water partition coefficient (Wildman–Crippen LogP) is 7.00. The molecule has 3 aromatic rings. The fourth-order valence-corrected chi connectivity index (χ4v) is 3.70. The standard InChI is InChI=1S/C26H30ClNO/c1-19(2)29-25-15-11-23(12-16-25)26(22-7-5-4-6-8-22)17-18-28-20(3)21-9-13-24(27)14-10-21/h4-16,19-20,26,28H,17-18H2,1-3H3/t20-,26+/m0/s1. The molecule has 0 aliphatic rings. The van der Waals surface area contributed by atoms with Gasteiger partial charge in [-0.2, -0.15) is 0 Å². The first-order chi connectivity index (χ1) is 14.0. The van der Waals surface area contributed by atoms with Crippen molar-refractivity contribution in [3.05, 3.63) is 101 Å². The molecular formula is C26H30ClNO. The smallest absolute Gasteiger partial charge is 0.119 e. The molecule has 2 nitrogen and oxygen atoms in total. The van der Waals surface area contributed by atoms with Crippen molar-refractivity contribution in [2.45, 2.75) is 45.3 Å². The van der Waals surface area contributed by atoms with Gasteiger partial charge in [-0.25, -0.2) is 0 Å². The van der Waals surface area contributed by atoms with Crippen LogP contribution in [0, 0.1) is 0 Å². The van der Waals surface area contributed by atoms with Crippen LogP contribution in [0.1, 0.15) is 55.8 Å². The molecular weight excluding hydrogens is 378 g/mol. The maximum absolute atomic E-state index is 6.01. The number of ether oxygens (including phenoxy) is 1. The first-order valence-corrected chi connectivity index (χ1v) is 10.7. The van der Waals surface area contributed by atoms with E-state index in [-0.39, 0.29) is 12.1 Å². The molecule has 3 heteroatoms. The average molecular weight is 408 g/mol. The van der Waals surface area contributed by atoms with Crippen molar-refractivity contribution in [2.24, 2.45) is 0 Å². The van der Waals surface area contributed by atoms with Gasteiger partial charge in [0.25, 0.3) is 0 Å². The fraction of sp³-hybridized carbons (Fsp3) is 0.308. The maximum atomic E-state index is 6.01. The second kappa shape index (κ2) is 10.5. The van der Waals surface area contributed by atoms with Gasteiger partial charge in [0.1, 0.15) is 5.75 Å². The third-order valence-corrected chi connectivity index (χ3v) is 5.36. The van der Waals surface area contributed by atoms with Gasteiger partial charge in [-0.05, 0) is 74.7 Å². The number of halogens is 1. The Morgan fingerprint density at radius 1 is 0.759 bits per heavy atom. The Kier molecular flexibility index (Phi) is 7.74. The molecule has 0 aromatic heterocycles. The van der Waals surface area contributed by atoms with Crippen LogP contribution in [-0.2, 0) is 0 Å². The lowest BCUT2D eigenvalue weighted by Crippen LogP contribution is -2.21. The molecule has 0 heterocycles. The molecule has 0 fully saturated rings. The second-order valence-corrected chi connectivity index (χ2v) is 8.15. The summed E-state index contributed by atoms with van der Waals surface area (Å²) in [5, 5.41) is 4.43. The molecule has 0 saturated heterocycles. The van der Waals surface area contributed by atoms with Crippen LogP contribution in [0.4, 0.5) is 0 Å². The van der Waals surface area contributed by atoms with Crippen LogP contribution in [0.5, 0.6) is 5.75 Å². The van der Waals surface area contributed by atoms with Crippen molar-refractivity contribution >= 4 is 11.6 Å². The fourth-order valence-electron chi connectivity index (χ4n) is 3.58. The Hall–Kier alpha value is -2.29. The summed E-state index contributed by atoms with van der Waals surface area (Å²) in [5.41, 5.74) is 3.90.